The van der Waals surface area contributed by atoms with E-state index in [0.29, 0.717) is 0 Å². The maximum atomic E-state index is 4.68. The molecule has 3 heterocycles. The number of rotatable bonds is 4. The zero-order chi connectivity index (χ0) is 13.9. The first kappa shape index (κ1) is 13.9. The van der Waals surface area contributed by atoms with E-state index in [0.717, 1.165) is 53.6 Å². The Hall–Kier alpha value is -1.09. The summed E-state index contributed by atoms with van der Waals surface area (Å²) < 4.78 is 0. The monoisotopic (exact) mass is 310 g/mol. The molecule has 0 saturated carbocycles. The zero-order valence-corrected chi connectivity index (χ0v) is 13.3. The predicted molar refractivity (Wildman–Crippen MR) is 83.3 cm³/mol. The Bertz CT molecular complexity index is 558. The van der Waals surface area contributed by atoms with Gasteiger partial charge in [-0.2, -0.15) is 0 Å². The van der Waals surface area contributed by atoms with E-state index in [2.05, 4.69) is 42.7 Å². The summed E-state index contributed by atoms with van der Waals surface area (Å²) in [6.45, 7) is 5.46. The Morgan fingerprint density at radius 1 is 1.25 bits per heavy atom. The first-order valence-electron chi connectivity index (χ1n) is 6.61. The van der Waals surface area contributed by atoms with Crippen molar-refractivity contribution in [2.75, 3.05) is 45.6 Å². The van der Waals surface area contributed by atoms with Gasteiger partial charge in [-0.3, -0.25) is 4.90 Å². The van der Waals surface area contributed by atoms with Crippen LogP contribution in [0.15, 0.2) is 5.38 Å². The molecule has 0 aromatic carbocycles. The fourth-order valence-corrected chi connectivity index (χ4v) is 3.66. The minimum absolute atomic E-state index is 0.827. The van der Waals surface area contributed by atoms with Gasteiger partial charge in [-0.15, -0.1) is 21.5 Å². The fourth-order valence-electron chi connectivity index (χ4n) is 2.11. The number of aromatic nitrogens is 3. The molecule has 1 aliphatic heterocycles. The minimum atomic E-state index is 0.827. The molecular formula is C12H18N6S2. The molecule has 1 aliphatic rings. The number of hydrogen-bond donors (Lipinski definition) is 1. The molecule has 0 atom stereocenters. The molecule has 0 amide bonds. The van der Waals surface area contributed by atoms with Gasteiger partial charge in [0.2, 0.25) is 5.13 Å². The lowest BCUT2D eigenvalue weighted by Gasteiger charge is -2.31. The molecule has 0 spiro atoms. The van der Waals surface area contributed by atoms with Crippen molar-refractivity contribution < 1.29 is 0 Å². The van der Waals surface area contributed by atoms with Crippen molar-refractivity contribution >= 4 is 27.8 Å². The Morgan fingerprint density at radius 3 is 2.75 bits per heavy atom. The molecule has 0 bridgehead atoms. The second kappa shape index (κ2) is 6.13. The fraction of sp³-hybridized carbons (Fsp3) is 0.583. The minimum Gasteiger partial charge on any atom is -0.363 e. The summed E-state index contributed by atoms with van der Waals surface area (Å²) in [6, 6.07) is 0. The van der Waals surface area contributed by atoms with Crippen LogP contribution in [0, 0.1) is 0 Å². The van der Waals surface area contributed by atoms with Crippen LogP contribution in [0.3, 0.4) is 0 Å². The van der Waals surface area contributed by atoms with E-state index >= 15 is 0 Å². The van der Waals surface area contributed by atoms with Gasteiger partial charge in [0, 0.05) is 38.6 Å². The number of nitrogens with zero attached hydrogens (tertiary/aromatic N) is 5. The summed E-state index contributed by atoms with van der Waals surface area (Å²) in [4.78, 5) is 9.51. The van der Waals surface area contributed by atoms with E-state index in [-0.39, 0.29) is 0 Å². The van der Waals surface area contributed by atoms with Crippen molar-refractivity contribution in [1.82, 2.24) is 25.0 Å². The molecule has 0 aliphatic carbocycles. The Morgan fingerprint density at radius 2 is 2.05 bits per heavy atom. The van der Waals surface area contributed by atoms with Crippen LogP contribution in [0.5, 0.6) is 0 Å². The molecule has 6 nitrogen and oxygen atoms in total. The summed E-state index contributed by atoms with van der Waals surface area (Å²) in [5.74, 6) is 0. The van der Waals surface area contributed by atoms with Crippen LogP contribution in [0.4, 0.5) is 5.13 Å². The molecule has 2 aromatic heterocycles. The number of anilines is 1. The lowest BCUT2D eigenvalue weighted by atomic mass is 10.3. The third-order valence-corrected chi connectivity index (χ3v) is 5.16. The van der Waals surface area contributed by atoms with E-state index in [4.69, 9.17) is 0 Å². The Balaban J connectivity index is 1.64. The molecule has 20 heavy (non-hydrogen) atoms. The number of piperazine rings is 1. The quantitative estimate of drug-likeness (QED) is 0.922. The molecule has 1 fully saturated rings. The van der Waals surface area contributed by atoms with Crippen molar-refractivity contribution in [2.24, 2.45) is 0 Å². The lowest BCUT2D eigenvalue weighted by Crippen LogP contribution is -2.43. The molecule has 3 rings (SSSR count). The van der Waals surface area contributed by atoms with Crippen LogP contribution in [-0.2, 0) is 6.54 Å². The van der Waals surface area contributed by atoms with Crippen molar-refractivity contribution in [3.8, 4) is 10.7 Å². The predicted octanol–water partition coefficient (Wildman–Crippen LogP) is 1.45. The van der Waals surface area contributed by atoms with Crippen molar-refractivity contribution in [3.05, 3.63) is 10.4 Å². The second-order valence-electron chi connectivity index (χ2n) is 4.87. The first-order valence-corrected chi connectivity index (χ1v) is 8.31. The van der Waals surface area contributed by atoms with E-state index in [1.165, 1.54) is 11.3 Å². The molecule has 2 aromatic rings. The molecule has 108 valence electrons. The van der Waals surface area contributed by atoms with Crippen molar-refractivity contribution in [3.63, 3.8) is 0 Å². The van der Waals surface area contributed by atoms with Gasteiger partial charge in [0.15, 0.2) is 5.01 Å². The second-order valence-corrected chi connectivity index (χ2v) is 6.79. The number of hydrogen-bond acceptors (Lipinski definition) is 8. The smallest absolute Gasteiger partial charge is 0.205 e. The maximum Gasteiger partial charge on any atom is 0.205 e. The van der Waals surface area contributed by atoms with Gasteiger partial charge in [0.25, 0.3) is 0 Å². The standard InChI is InChI=1S/C12H18N6S2/c1-13-12-16-15-11(20-12)9-8-19-10(14-9)7-18-5-3-17(2)4-6-18/h8H,3-7H2,1-2H3,(H,13,16). The molecule has 1 N–H and O–H groups in total. The van der Waals surface area contributed by atoms with E-state index in [9.17, 15) is 0 Å². The van der Waals surface area contributed by atoms with Gasteiger partial charge in [-0.05, 0) is 7.05 Å². The average Bonchev–Trinajstić information content (AvgIpc) is 3.10. The zero-order valence-electron chi connectivity index (χ0n) is 11.7. The molecule has 0 unspecified atom stereocenters. The topological polar surface area (TPSA) is 57.2 Å². The van der Waals surface area contributed by atoms with Crippen molar-refractivity contribution in [1.29, 1.82) is 0 Å². The third-order valence-electron chi connectivity index (χ3n) is 3.36. The highest BCUT2D eigenvalue weighted by Gasteiger charge is 2.16. The highest BCUT2D eigenvalue weighted by Crippen LogP contribution is 2.27. The van der Waals surface area contributed by atoms with Crippen LogP contribution in [0.25, 0.3) is 10.7 Å². The molecular weight excluding hydrogens is 292 g/mol. The van der Waals surface area contributed by atoms with Gasteiger partial charge in [0.1, 0.15) is 10.7 Å². The highest BCUT2D eigenvalue weighted by atomic mass is 32.1. The highest BCUT2D eigenvalue weighted by molar-refractivity contribution is 7.18. The number of thiazole rings is 1. The van der Waals surface area contributed by atoms with Crippen LogP contribution in [0.2, 0.25) is 0 Å². The normalized spacial score (nSPS) is 17.5. The van der Waals surface area contributed by atoms with Gasteiger partial charge in [-0.1, -0.05) is 11.3 Å². The van der Waals surface area contributed by atoms with Gasteiger partial charge in [0.05, 0.1) is 6.54 Å². The van der Waals surface area contributed by atoms with Crippen molar-refractivity contribution in [2.45, 2.75) is 6.54 Å². The van der Waals surface area contributed by atoms with Gasteiger partial charge >= 0.3 is 0 Å². The summed E-state index contributed by atoms with van der Waals surface area (Å²) >= 11 is 3.24. The summed E-state index contributed by atoms with van der Waals surface area (Å²) in [6.07, 6.45) is 0. The SMILES string of the molecule is CNc1nnc(-c2csc(CN3CCN(C)CC3)n2)s1. The molecule has 1 saturated heterocycles. The Kier molecular flexibility index (Phi) is 4.25. The van der Waals surface area contributed by atoms with E-state index < -0.39 is 0 Å². The van der Waals surface area contributed by atoms with Crippen LogP contribution in [0.1, 0.15) is 5.01 Å². The van der Waals surface area contributed by atoms with E-state index in [1.54, 1.807) is 11.3 Å². The molecule has 0 radical (unpaired) electrons. The number of likely N-dealkylation sites (N-methyl/N-ethyl adjacent to an activating group) is 1. The maximum absolute atomic E-state index is 4.68. The van der Waals surface area contributed by atoms with Crippen LogP contribution >= 0.6 is 22.7 Å². The lowest BCUT2D eigenvalue weighted by molar-refractivity contribution is 0.148. The van der Waals surface area contributed by atoms with E-state index in [1.807, 2.05) is 7.05 Å². The largest absolute Gasteiger partial charge is 0.363 e. The Labute approximate surface area is 126 Å². The van der Waals surface area contributed by atoms with Gasteiger partial charge < -0.3 is 10.2 Å². The number of nitrogens with one attached hydrogen (secondary N) is 1. The first-order chi connectivity index (χ1) is 9.74. The van der Waals surface area contributed by atoms with Gasteiger partial charge in [-0.25, -0.2) is 4.98 Å². The summed E-state index contributed by atoms with van der Waals surface area (Å²) in [5, 5.41) is 16.2. The molecule has 8 heteroatoms. The summed E-state index contributed by atoms with van der Waals surface area (Å²) in [7, 11) is 4.03. The average molecular weight is 310 g/mol. The summed E-state index contributed by atoms with van der Waals surface area (Å²) in [5.41, 5.74) is 0.943. The van der Waals surface area contributed by atoms with Crippen LogP contribution in [-0.4, -0.2) is 65.3 Å². The third kappa shape index (κ3) is 3.14. The van der Waals surface area contributed by atoms with Crippen LogP contribution < -0.4 is 5.32 Å².